The number of anilines is 1. The molecule has 31 heavy (non-hydrogen) atoms. The largest absolute Gasteiger partial charge is 0.481 e. The first-order valence-electron chi connectivity index (χ1n) is 11.3. The first-order chi connectivity index (χ1) is 14.9. The number of benzene rings is 2. The molecule has 1 fully saturated rings. The van der Waals surface area contributed by atoms with Crippen LogP contribution in [0.25, 0.3) is 0 Å². The lowest BCUT2D eigenvalue weighted by atomic mass is 9.95. The second-order valence-electron chi connectivity index (χ2n) is 8.71. The monoisotopic (exact) mass is 422 g/mol. The lowest BCUT2D eigenvalue weighted by molar-refractivity contribution is -0.124. The van der Waals surface area contributed by atoms with Crippen molar-refractivity contribution in [1.29, 1.82) is 0 Å². The maximum atomic E-state index is 13.1. The van der Waals surface area contributed by atoms with Crippen LogP contribution in [0.4, 0.5) is 5.69 Å². The van der Waals surface area contributed by atoms with Crippen molar-refractivity contribution in [2.24, 2.45) is 0 Å². The van der Waals surface area contributed by atoms with Crippen LogP contribution in [0.2, 0.25) is 0 Å². The summed E-state index contributed by atoms with van der Waals surface area (Å²) in [4.78, 5) is 27.5. The van der Waals surface area contributed by atoms with Gasteiger partial charge >= 0.3 is 0 Å². The first kappa shape index (κ1) is 22.9. The summed E-state index contributed by atoms with van der Waals surface area (Å²) in [7, 11) is 1.69. The number of carbonyl (C=O) groups excluding carboxylic acids is 2. The van der Waals surface area contributed by atoms with E-state index in [1.54, 1.807) is 26.1 Å². The van der Waals surface area contributed by atoms with E-state index in [-0.39, 0.29) is 17.9 Å². The van der Waals surface area contributed by atoms with Crippen molar-refractivity contribution in [1.82, 2.24) is 5.32 Å². The topological polar surface area (TPSA) is 58.6 Å². The summed E-state index contributed by atoms with van der Waals surface area (Å²) < 4.78 is 5.88. The third-order valence-corrected chi connectivity index (χ3v) is 5.99. The highest BCUT2D eigenvalue weighted by Gasteiger charge is 2.25. The van der Waals surface area contributed by atoms with Crippen molar-refractivity contribution < 1.29 is 14.3 Å². The van der Waals surface area contributed by atoms with Gasteiger partial charge in [0.2, 0.25) is 0 Å². The lowest BCUT2D eigenvalue weighted by Crippen LogP contribution is -2.40. The van der Waals surface area contributed by atoms with Gasteiger partial charge < -0.3 is 15.0 Å². The molecule has 0 aliphatic heterocycles. The van der Waals surface area contributed by atoms with Gasteiger partial charge in [0, 0.05) is 13.1 Å². The van der Waals surface area contributed by atoms with Crippen molar-refractivity contribution in [3.8, 4) is 5.75 Å². The van der Waals surface area contributed by atoms with Crippen molar-refractivity contribution in [3.63, 3.8) is 0 Å². The zero-order chi connectivity index (χ0) is 22.4. The number of likely N-dealkylation sites (N-methyl/N-ethyl adjacent to an activating group) is 1. The molecular weight excluding hydrogens is 388 g/mol. The molecule has 3 rings (SSSR count). The van der Waals surface area contributed by atoms with Crippen LogP contribution in [0.5, 0.6) is 5.75 Å². The third kappa shape index (κ3) is 5.87. The van der Waals surface area contributed by atoms with Crippen molar-refractivity contribution >= 4 is 17.5 Å². The van der Waals surface area contributed by atoms with Crippen LogP contribution in [-0.4, -0.2) is 31.0 Å². The molecule has 0 heterocycles. The Morgan fingerprint density at radius 1 is 0.968 bits per heavy atom. The summed E-state index contributed by atoms with van der Waals surface area (Å²) in [6.07, 6.45) is 4.89. The average molecular weight is 423 g/mol. The molecule has 2 amide bonds. The van der Waals surface area contributed by atoms with E-state index in [1.807, 2.05) is 36.4 Å². The Morgan fingerprint density at radius 2 is 1.61 bits per heavy atom. The Labute approximate surface area is 185 Å². The molecule has 1 saturated carbocycles. The highest BCUT2D eigenvalue weighted by Crippen LogP contribution is 2.24. The van der Waals surface area contributed by atoms with Gasteiger partial charge in [-0.25, -0.2) is 0 Å². The second-order valence-corrected chi connectivity index (χ2v) is 8.71. The molecule has 0 saturated heterocycles. The number of para-hydroxylation sites is 1. The molecule has 5 nitrogen and oxygen atoms in total. The molecule has 1 aliphatic rings. The van der Waals surface area contributed by atoms with E-state index in [4.69, 9.17) is 4.74 Å². The molecule has 1 N–H and O–H groups in total. The Kier molecular flexibility index (Phi) is 7.72. The number of nitrogens with one attached hydrogen (secondary N) is 1. The van der Waals surface area contributed by atoms with Gasteiger partial charge in [0.25, 0.3) is 11.8 Å². The van der Waals surface area contributed by atoms with Crippen molar-refractivity contribution in [3.05, 3.63) is 59.7 Å². The van der Waals surface area contributed by atoms with Gasteiger partial charge in [0.15, 0.2) is 6.10 Å². The van der Waals surface area contributed by atoms with E-state index in [1.165, 1.54) is 16.9 Å². The molecule has 0 unspecified atom stereocenters. The Balaban J connectivity index is 1.68. The van der Waals surface area contributed by atoms with E-state index in [0.717, 1.165) is 25.7 Å². The molecule has 2 aromatic carbocycles. The van der Waals surface area contributed by atoms with Crippen LogP contribution < -0.4 is 15.0 Å². The quantitative estimate of drug-likeness (QED) is 0.658. The minimum absolute atomic E-state index is 0.125. The molecule has 0 radical (unpaired) electrons. The van der Waals surface area contributed by atoms with E-state index in [0.29, 0.717) is 22.9 Å². The summed E-state index contributed by atoms with van der Waals surface area (Å²) in [5.74, 6) is 0.767. The number of rotatable bonds is 7. The maximum Gasteiger partial charge on any atom is 0.267 e. The molecule has 5 heteroatoms. The summed E-state index contributed by atoms with van der Waals surface area (Å²) >= 11 is 0. The first-order valence-corrected chi connectivity index (χ1v) is 11.3. The van der Waals surface area contributed by atoms with Gasteiger partial charge in [0.1, 0.15) is 5.75 Å². The number of nitrogens with zero attached hydrogens (tertiary/aromatic N) is 1. The maximum absolute atomic E-state index is 13.1. The van der Waals surface area contributed by atoms with Crippen molar-refractivity contribution in [2.45, 2.75) is 70.9 Å². The number of hydrogen-bond acceptors (Lipinski definition) is 3. The molecule has 1 atom stereocenters. The van der Waals surface area contributed by atoms with E-state index >= 15 is 0 Å². The Hall–Kier alpha value is -2.82. The summed E-state index contributed by atoms with van der Waals surface area (Å²) in [5.41, 5.74) is 2.32. The van der Waals surface area contributed by atoms with Gasteiger partial charge in [-0.15, -0.1) is 0 Å². The minimum Gasteiger partial charge on any atom is -0.481 e. The van der Waals surface area contributed by atoms with Gasteiger partial charge in [0.05, 0.1) is 11.3 Å². The van der Waals surface area contributed by atoms with Crippen molar-refractivity contribution in [2.75, 3.05) is 11.9 Å². The fourth-order valence-electron chi connectivity index (χ4n) is 4.05. The molecular formula is C26H34N2O3. The van der Waals surface area contributed by atoms with Crippen LogP contribution in [0.15, 0.2) is 48.5 Å². The highest BCUT2D eigenvalue weighted by atomic mass is 16.5. The van der Waals surface area contributed by atoms with Crippen LogP contribution in [0, 0.1) is 0 Å². The average Bonchev–Trinajstić information content (AvgIpc) is 2.79. The van der Waals surface area contributed by atoms with Crippen LogP contribution in [0.3, 0.4) is 0 Å². The normalized spacial score (nSPS) is 15.4. The van der Waals surface area contributed by atoms with Gasteiger partial charge in [-0.1, -0.05) is 57.4 Å². The molecule has 166 valence electrons. The highest BCUT2D eigenvalue weighted by molar-refractivity contribution is 6.05. The molecule has 2 aromatic rings. The smallest absolute Gasteiger partial charge is 0.267 e. The van der Waals surface area contributed by atoms with E-state index in [2.05, 4.69) is 19.2 Å². The SMILES string of the molecule is CC(C)c1ccc(O[C@H](C)C(=O)N(C)c2ccccc2C(=O)NC2CCCCC2)cc1. The lowest BCUT2D eigenvalue weighted by Gasteiger charge is -2.26. The number of hydrogen-bond donors (Lipinski definition) is 1. The predicted octanol–water partition coefficient (Wildman–Crippen LogP) is 5.30. The van der Waals surface area contributed by atoms with E-state index in [9.17, 15) is 9.59 Å². The zero-order valence-electron chi connectivity index (χ0n) is 19.1. The van der Waals surface area contributed by atoms with Gasteiger partial charge in [-0.05, 0) is 55.5 Å². The fraction of sp³-hybridized carbons (Fsp3) is 0.462. The summed E-state index contributed by atoms with van der Waals surface area (Å²) in [6, 6.07) is 15.3. The second kappa shape index (κ2) is 10.5. The number of carbonyl (C=O) groups is 2. The predicted molar refractivity (Wildman–Crippen MR) is 125 cm³/mol. The van der Waals surface area contributed by atoms with Gasteiger partial charge in [-0.3, -0.25) is 9.59 Å². The minimum atomic E-state index is -0.677. The Morgan fingerprint density at radius 3 is 2.26 bits per heavy atom. The fourth-order valence-corrected chi connectivity index (χ4v) is 4.05. The Bertz CT molecular complexity index is 886. The van der Waals surface area contributed by atoms with Crippen LogP contribution in [0.1, 0.15) is 74.7 Å². The van der Waals surface area contributed by atoms with E-state index < -0.39 is 6.10 Å². The molecule has 0 bridgehead atoms. The number of amides is 2. The van der Waals surface area contributed by atoms with Crippen LogP contribution in [-0.2, 0) is 4.79 Å². The molecule has 0 aromatic heterocycles. The zero-order valence-corrected chi connectivity index (χ0v) is 19.1. The summed E-state index contributed by atoms with van der Waals surface area (Å²) in [6.45, 7) is 6.01. The third-order valence-electron chi connectivity index (χ3n) is 5.99. The number of ether oxygens (including phenoxy) is 1. The standard InChI is InChI=1S/C26H34N2O3/c1-18(2)20-14-16-22(17-15-20)31-19(3)26(30)28(4)24-13-9-8-12-23(24)25(29)27-21-10-6-5-7-11-21/h8-9,12-19,21H,5-7,10-11H2,1-4H3,(H,27,29)/t19-/m1/s1. The molecule has 0 spiro atoms. The van der Waals surface area contributed by atoms with Gasteiger partial charge in [-0.2, -0.15) is 0 Å². The van der Waals surface area contributed by atoms with Crippen LogP contribution >= 0.6 is 0 Å². The summed E-state index contributed by atoms with van der Waals surface area (Å²) in [5, 5.41) is 3.14. The molecule has 1 aliphatic carbocycles.